The van der Waals surface area contributed by atoms with E-state index in [2.05, 4.69) is 19.7 Å². The van der Waals surface area contributed by atoms with Gasteiger partial charge >= 0.3 is 5.97 Å². The van der Waals surface area contributed by atoms with E-state index in [0.717, 1.165) is 13.0 Å². The predicted octanol–water partition coefficient (Wildman–Crippen LogP) is 3.64. The molecular weight excluding hydrogens is 381 g/mol. The first-order chi connectivity index (χ1) is 11.0. The lowest BCUT2D eigenvalue weighted by Gasteiger charge is -2.16. The van der Waals surface area contributed by atoms with Crippen molar-refractivity contribution in [2.75, 3.05) is 13.2 Å². The van der Waals surface area contributed by atoms with Gasteiger partial charge in [0.1, 0.15) is 12.4 Å². The van der Waals surface area contributed by atoms with Crippen molar-refractivity contribution in [3.05, 3.63) is 37.3 Å². The lowest BCUT2D eigenvalue weighted by molar-refractivity contribution is -0.132. The molecule has 2 aliphatic rings. The van der Waals surface area contributed by atoms with Crippen LogP contribution in [0.15, 0.2) is 37.3 Å². The molecule has 1 atom stereocenters. The van der Waals surface area contributed by atoms with Gasteiger partial charge in [0, 0.05) is 18.5 Å². The Balaban J connectivity index is 0.000000343. The third-order valence-corrected chi connectivity index (χ3v) is 3.17. The molecule has 0 radical (unpaired) electrons. The van der Waals surface area contributed by atoms with E-state index < -0.39 is 16.1 Å². The number of carboxylic acids is 1. The first-order valence-electron chi connectivity index (χ1n) is 6.82. The molecule has 24 heavy (non-hydrogen) atoms. The molecule has 2 fully saturated rings. The van der Waals surface area contributed by atoms with Gasteiger partial charge in [-0.25, -0.2) is 4.79 Å². The zero-order valence-electron chi connectivity index (χ0n) is 13.3. The summed E-state index contributed by atoms with van der Waals surface area (Å²) in [5.41, 5.74) is 0.176. The Kier molecular flexibility index (Phi) is 10.1. The van der Waals surface area contributed by atoms with Crippen molar-refractivity contribution >= 4 is 46.7 Å². The summed E-state index contributed by atoms with van der Waals surface area (Å²) in [5.74, 6) is -0.244. The molecule has 0 saturated carbocycles. The van der Waals surface area contributed by atoms with Crippen LogP contribution in [0.3, 0.4) is 0 Å². The van der Waals surface area contributed by atoms with Gasteiger partial charge in [-0.2, -0.15) is 0 Å². The number of aliphatic carboxylic acids is 1. The standard InChI is InChI=1S/C6H9NO.C5H5Cl3O2.C4H6O2/c1-2-7-5-3-4-6(7)8;1-3-2-9-4(10-3)5(6,7)8;1-3(2)4(5)6/h2H,1,3-5H2;4H,1-2H2;1H2,2H3,(H,5,6). The topological polar surface area (TPSA) is 76.1 Å². The van der Waals surface area contributed by atoms with E-state index in [1.807, 2.05) is 0 Å². The molecule has 0 aromatic carbocycles. The van der Waals surface area contributed by atoms with E-state index in [1.165, 1.54) is 6.92 Å². The van der Waals surface area contributed by atoms with Crippen molar-refractivity contribution < 1.29 is 24.2 Å². The lowest BCUT2D eigenvalue weighted by Crippen LogP contribution is -2.25. The number of ether oxygens (including phenoxy) is 2. The highest BCUT2D eigenvalue weighted by Crippen LogP contribution is 2.36. The van der Waals surface area contributed by atoms with Gasteiger partial charge in [0.2, 0.25) is 12.2 Å². The molecule has 2 saturated heterocycles. The minimum absolute atomic E-state index is 0.176. The van der Waals surface area contributed by atoms with Crippen molar-refractivity contribution in [3.63, 3.8) is 0 Å². The number of carbonyl (C=O) groups is 2. The second-order valence-corrected chi connectivity index (χ2v) is 7.17. The van der Waals surface area contributed by atoms with E-state index in [1.54, 1.807) is 11.1 Å². The summed E-state index contributed by atoms with van der Waals surface area (Å²) in [6.45, 7) is 12.7. The number of amides is 1. The molecule has 136 valence electrons. The van der Waals surface area contributed by atoms with Gasteiger partial charge in [0.15, 0.2) is 0 Å². The zero-order valence-corrected chi connectivity index (χ0v) is 15.5. The maximum Gasteiger partial charge on any atom is 0.330 e. The summed E-state index contributed by atoms with van der Waals surface area (Å²) in [6.07, 6.45) is 2.47. The Morgan fingerprint density at radius 1 is 1.46 bits per heavy atom. The van der Waals surface area contributed by atoms with Crippen LogP contribution in [0.2, 0.25) is 0 Å². The molecule has 2 aliphatic heterocycles. The summed E-state index contributed by atoms with van der Waals surface area (Å²) < 4.78 is 8.30. The Bertz CT molecular complexity index is 490. The molecule has 0 aromatic heterocycles. The van der Waals surface area contributed by atoms with E-state index in [0.29, 0.717) is 18.8 Å². The van der Waals surface area contributed by atoms with Gasteiger partial charge in [-0.1, -0.05) is 54.5 Å². The molecule has 1 unspecified atom stereocenters. The van der Waals surface area contributed by atoms with Crippen LogP contribution < -0.4 is 0 Å². The monoisotopic (exact) mass is 399 g/mol. The van der Waals surface area contributed by atoms with Crippen LogP contribution in [0.25, 0.3) is 0 Å². The summed E-state index contributed by atoms with van der Waals surface area (Å²) in [7, 11) is 0. The number of halogens is 3. The van der Waals surface area contributed by atoms with Gasteiger partial charge in [-0.15, -0.1) is 0 Å². The highest BCUT2D eigenvalue weighted by Gasteiger charge is 2.39. The molecule has 2 heterocycles. The number of carboxylic acid groups (broad SMARTS) is 1. The van der Waals surface area contributed by atoms with Gasteiger partial charge < -0.3 is 19.5 Å². The van der Waals surface area contributed by atoms with Crippen LogP contribution in [0.4, 0.5) is 0 Å². The average Bonchev–Trinajstić information content (AvgIpc) is 3.08. The van der Waals surface area contributed by atoms with Gasteiger partial charge in [-0.05, 0) is 19.5 Å². The largest absolute Gasteiger partial charge is 0.478 e. The lowest BCUT2D eigenvalue weighted by atomic mass is 10.4. The van der Waals surface area contributed by atoms with Crippen LogP contribution in [0, 0.1) is 0 Å². The first kappa shape index (κ1) is 22.8. The van der Waals surface area contributed by atoms with Crippen molar-refractivity contribution in [2.24, 2.45) is 0 Å². The smallest absolute Gasteiger partial charge is 0.330 e. The molecule has 0 aliphatic carbocycles. The molecular formula is C15H20Cl3NO5. The summed E-state index contributed by atoms with van der Waals surface area (Å²) in [4.78, 5) is 21.9. The maximum absolute atomic E-state index is 10.7. The molecule has 0 aromatic rings. The summed E-state index contributed by atoms with van der Waals surface area (Å²) in [6, 6.07) is 0. The second kappa shape index (κ2) is 10.6. The highest BCUT2D eigenvalue weighted by molar-refractivity contribution is 6.67. The van der Waals surface area contributed by atoms with Crippen molar-refractivity contribution in [1.29, 1.82) is 0 Å². The minimum Gasteiger partial charge on any atom is -0.478 e. The summed E-state index contributed by atoms with van der Waals surface area (Å²) in [5, 5.41) is 7.89. The normalized spacial score (nSPS) is 19.5. The van der Waals surface area contributed by atoms with Crippen LogP contribution >= 0.6 is 34.8 Å². The number of carbonyl (C=O) groups excluding carboxylic acids is 1. The van der Waals surface area contributed by atoms with Crippen molar-refractivity contribution in [2.45, 2.75) is 29.8 Å². The fourth-order valence-electron chi connectivity index (χ4n) is 1.41. The Hall–Kier alpha value is -1.21. The number of hydrogen-bond acceptors (Lipinski definition) is 4. The summed E-state index contributed by atoms with van der Waals surface area (Å²) >= 11 is 16.3. The highest BCUT2D eigenvalue weighted by atomic mass is 35.6. The first-order valence-corrected chi connectivity index (χ1v) is 7.96. The fraction of sp³-hybridized carbons (Fsp3) is 0.467. The fourth-order valence-corrected chi connectivity index (χ4v) is 1.73. The molecule has 6 nitrogen and oxygen atoms in total. The van der Waals surface area contributed by atoms with Crippen LogP contribution in [-0.2, 0) is 19.1 Å². The Morgan fingerprint density at radius 2 is 2.00 bits per heavy atom. The van der Waals surface area contributed by atoms with Crippen LogP contribution in [-0.4, -0.2) is 45.1 Å². The average molecular weight is 401 g/mol. The third-order valence-electron chi connectivity index (χ3n) is 2.63. The third kappa shape index (κ3) is 9.17. The SMILES string of the molecule is C=C(C)C(=O)O.C=C1COC(C(Cl)(Cl)Cl)O1.C=CN1CCCC1=O. The van der Waals surface area contributed by atoms with E-state index in [4.69, 9.17) is 49.4 Å². The minimum atomic E-state index is -1.53. The molecule has 0 bridgehead atoms. The van der Waals surface area contributed by atoms with Crippen molar-refractivity contribution in [3.8, 4) is 0 Å². The number of rotatable bonds is 2. The van der Waals surface area contributed by atoms with Gasteiger partial charge in [0.25, 0.3) is 3.79 Å². The predicted molar refractivity (Wildman–Crippen MR) is 93.8 cm³/mol. The molecule has 9 heteroatoms. The molecule has 1 N–H and O–H groups in total. The molecule has 0 spiro atoms. The number of alkyl halides is 3. The van der Waals surface area contributed by atoms with Crippen LogP contribution in [0.5, 0.6) is 0 Å². The van der Waals surface area contributed by atoms with E-state index in [9.17, 15) is 9.59 Å². The maximum atomic E-state index is 10.7. The molecule has 2 rings (SSSR count). The van der Waals surface area contributed by atoms with E-state index >= 15 is 0 Å². The Labute approximate surface area is 156 Å². The van der Waals surface area contributed by atoms with Gasteiger partial charge in [-0.3, -0.25) is 4.79 Å². The van der Waals surface area contributed by atoms with E-state index in [-0.39, 0.29) is 11.5 Å². The number of likely N-dealkylation sites (tertiary alicyclic amines) is 1. The van der Waals surface area contributed by atoms with Crippen molar-refractivity contribution in [1.82, 2.24) is 4.90 Å². The quantitative estimate of drug-likeness (QED) is 0.565. The van der Waals surface area contributed by atoms with Crippen LogP contribution in [0.1, 0.15) is 19.8 Å². The zero-order chi connectivity index (χ0) is 18.9. The Morgan fingerprint density at radius 3 is 2.17 bits per heavy atom. The molecule has 1 amide bonds. The van der Waals surface area contributed by atoms with Gasteiger partial charge in [0.05, 0.1) is 0 Å². The number of hydrogen-bond donors (Lipinski definition) is 1. The second-order valence-electron chi connectivity index (χ2n) is 4.80. The number of nitrogens with zero attached hydrogens (tertiary/aromatic N) is 1.